The van der Waals surface area contributed by atoms with Gasteiger partial charge in [-0.05, 0) is 42.8 Å². The second-order valence-corrected chi connectivity index (χ2v) is 6.31. The lowest BCUT2D eigenvalue weighted by Gasteiger charge is -2.12. The predicted octanol–water partition coefficient (Wildman–Crippen LogP) is 2.38. The standard InChI is InChI=1S/C22H27N3O6/c1-5-10-31-17-8-6-16(7-9-17)22(27)23-14-20(26)25-24-13-15-11-18(28-2)21(30-4)19(12-15)29-3/h6-9,11-13H,5,10,14H2,1-4H3,(H,23,27)(H,25,26). The number of amides is 2. The van der Waals surface area contributed by atoms with Gasteiger partial charge in [-0.1, -0.05) is 6.92 Å². The van der Waals surface area contributed by atoms with Gasteiger partial charge in [0.2, 0.25) is 5.75 Å². The van der Waals surface area contributed by atoms with E-state index in [2.05, 4.69) is 15.8 Å². The van der Waals surface area contributed by atoms with E-state index in [1.807, 2.05) is 6.92 Å². The molecule has 0 unspecified atom stereocenters. The Hall–Kier alpha value is -3.75. The Morgan fingerprint density at radius 3 is 2.19 bits per heavy atom. The molecule has 0 aliphatic heterocycles. The molecule has 2 rings (SSSR count). The summed E-state index contributed by atoms with van der Waals surface area (Å²) in [4.78, 5) is 24.1. The molecule has 0 aliphatic rings. The molecule has 31 heavy (non-hydrogen) atoms. The molecule has 0 saturated carbocycles. The molecule has 2 aromatic rings. The summed E-state index contributed by atoms with van der Waals surface area (Å²) in [5, 5.41) is 6.43. The van der Waals surface area contributed by atoms with E-state index >= 15 is 0 Å². The van der Waals surface area contributed by atoms with E-state index in [0.717, 1.165) is 6.42 Å². The van der Waals surface area contributed by atoms with Crippen molar-refractivity contribution in [3.05, 3.63) is 47.5 Å². The van der Waals surface area contributed by atoms with Crippen molar-refractivity contribution in [3.63, 3.8) is 0 Å². The number of hydrogen-bond acceptors (Lipinski definition) is 7. The highest BCUT2D eigenvalue weighted by molar-refractivity contribution is 5.96. The van der Waals surface area contributed by atoms with Crippen LogP contribution in [0.2, 0.25) is 0 Å². The lowest BCUT2D eigenvalue weighted by molar-refractivity contribution is -0.120. The number of methoxy groups -OCH3 is 3. The maximum absolute atomic E-state index is 12.2. The fourth-order valence-electron chi connectivity index (χ4n) is 2.58. The van der Waals surface area contributed by atoms with Crippen LogP contribution < -0.4 is 29.7 Å². The van der Waals surface area contributed by atoms with Gasteiger partial charge < -0.3 is 24.3 Å². The van der Waals surface area contributed by atoms with Gasteiger partial charge in [0.25, 0.3) is 11.8 Å². The predicted molar refractivity (Wildman–Crippen MR) is 116 cm³/mol. The van der Waals surface area contributed by atoms with E-state index in [9.17, 15) is 9.59 Å². The second kappa shape index (κ2) is 12.1. The van der Waals surface area contributed by atoms with Gasteiger partial charge in [0.05, 0.1) is 40.7 Å². The molecule has 0 saturated heterocycles. The second-order valence-electron chi connectivity index (χ2n) is 6.31. The molecule has 9 nitrogen and oxygen atoms in total. The number of hydrazone groups is 1. The van der Waals surface area contributed by atoms with Crippen molar-refractivity contribution < 1.29 is 28.5 Å². The van der Waals surface area contributed by atoms with Crippen LogP contribution in [0.3, 0.4) is 0 Å². The van der Waals surface area contributed by atoms with E-state index in [0.29, 0.717) is 40.7 Å². The smallest absolute Gasteiger partial charge is 0.259 e. The molecule has 2 N–H and O–H groups in total. The molecule has 0 radical (unpaired) electrons. The normalized spacial score (nSPS) is 10.5. The molecular formula is C22H27N3O6. The topological polar surface area (TPSA) is 107 Å². The van der Waals surface area contributed by atoms with Gasteiger partial charge in [0.15, 0.2) is 11.5 Å². The Kier molecular flexibility index (Phi) is 9.15. The number of carbonyl (C=O) groups is 2. The summed E-state index contributed by atoms with van der Waals surface area (Å²) in [5.74, 6) is 1.24. The van der Waals surface area contributed by atoms with Crippen molar-refractivity contribution >= 4 is 18.0 Å². The van der Waals surface area contributed by atoms with Gasteiger partial charge in [-0.25, -0.2) is 5.43 Å². The first-order chi connectivity index (χ1) is 15.0. The summed E-state index contributed by atoms with van der Waals surface area (Å²) in [5.41, 5.74) is 3.41. The monoisotopic (exact) mass is 429 g/mol. The molecule has 2 amide bonds. The largest absolute Gasteiger partial charge is 0.494 e. The van der Waals surface area contributed by atoms with Gasteiger partial charge in [0, 0.05) is 11.1 Å². The van der Waals surface area contributed by atoms with E-state index in [-0.39, 0.29) is 12.5 Å². The first kappa shape index (κ1) is 23.5. The van der Waals surface area contributed by atoms with Crippen LogP contribution in [0.5, 0.6) is 23.0 Å². The molecule has 0 aliphatic carbocycles. The van der Waals surface area contributed by atoms with E-state index < -0.39 is 5.91 Å². The number of ether oxygens (including phenoxy) is 4. The van der Waals surface area contributed by atoms with Crippen LogP contribution in [0.1, 0.15) is 29.3 Å². The highest BCUT2D eigenvalue weighted by atomic mass is 16.5. The fourth-order valence-corrected chi connectivity index (χ4v) is 2.58. The Morgan fingerprint density at radius 2 is 1.65 bits per heavy atom. The summed E-state index contributed by atoms with van der Waals surface area (Å²) in [6.07, 6.45) is 2.33. The minimum Gasteiger partial charge on any atom is -0.494 e. The number of hydrogen-bond donors (Lipinski definition) is 2. The molecule has 0 spiro atoms. The number of nitrogens with one attached hydrogen (secondary N) is 2. The van der Waals surface area contributed by atoms with Crippen LogP contribution >= 0.6 is 0 Å². The number of rotatable bonds is 11. The molecule has 0 aromatic heterocycles. The third kappa shape index (κ3) is 6.91. The molecule has 2 aromatic carbocycles. The van der Waals surface area contributed by atoms with Crippen LogP contribution in [-0.4, -0.2) is 52.5 Å². The molecule has 0 atom stereocenters. The van der Waals surface area contributed by atoms with Crippen LogP contribution in [0, 0.1) is 0 Å². The zero-order valence-corrected chi connectivity index (χ0v) is 18.1. The maximum Gasteiger partial charge on any atom is 0.259 e. The molecule has 0 fully saturated rings. The van der Waals surface area contributed by atoms with Crippen molar-refractivity contribution in [3.8, 4) is 23.0 Å². The zero-order valence-electron chi connectivity index (χ0n) is 18.1. The van der Waals surface area contributed by atoms with E-state index in [1.54, 1.807) is 36.4 Å². The van der Waals surface area contributed by atoms with Crippen molar-refractivity contribution in [1.82, 2.24) is 10.7 Å². The lowest BCUT2D eigenvalue weighted by atomic mass is 10.2. The average molecular weight is 429 g/mol. The number of benzene rings is 2. The van der Waals surface area contributed by atoms with Gasteiger partial charge in [-0.2, -0.15) is 5.10 Å². The average Bonchev–Trinajstić information content (AvgIpc) is 2.80. The first-order valence-electron chi connectivity index (χ1n) is 9.65. The molecule has 166 valence electrons. The van der Waals surface area contributed by atoms with Crippen molar-refractivity contribution in [2.45, 2.75) is 13.3 Å². The van der Waals surface area contributed by atoms with Gasteiger partial charge in [-0.3, -0.25) is 9.59 Å². The highest BCUT2D eigenvalue weighted by Crippen LogP contribution is 2.37. The summed E-state index contributed by atoms with van der Waals surface area (Å²) in [7, 11) is 4.53. The van der Waals surface area contributed by atoms with Crippen molar-refractivity contribution in [2.75, 3.05) is 34.5 Å². The minimum absolute atomic E-state index is 0.223. The summed E-state index contributed by atoms with van der Waals surface area (Å²) < 4.78 is 21.3. The van der Waals surface area contributed by atoms with Crippen LogP contribution in [-0.2, 0) is 4.79 Å². The Balaban J connectivity index is 1.87. The Bertz CT molecular complexity index is 887. The lowest BCUT2D eigenvalue weighted by Crippen LogP contribution is -2.34. The van der Waals surface area contributed by atoms with Gasteiger partial charge >= 0.3 is 0 Å². The maximum atomic E-state index is 12.2. The van der Waals surface area contributed by atoms with Crippen LogP contribution in [0.15, 0.2) is 41.5 Å². The third-order valence-electron chi connectivity index (χ3n) is 4.09. The third-order valence-corrected chi connectivity index (χ3v) is 4.09. The Labute approximate surface area is 181 Å². The van der Waals surface area contributed by atoms with Crippen molar-refractivity contribution in [2.24, 2.45) is 5.10 Å². The number of nitrogens with zero attached hydrogens (tertiary/aromatic N) is 1. The molecule has 0 bridgehead atoms. The SMILES string of the molecule is CCCOc1ccc(C(=O)NCC(=O)NN=Cc2cc(OC)c(OC)c(OC)c2)cc1. The summed E-state index contributed by atoms with van der Waals surface area (Å²) in [6.45, 7) is 2.41. The molecule has 0 heterocycles. The van der Waals surface area contributed by atoms with Gasteiger partial charge in [0.1, 0.15) is 5.75 Å². The Morgan fingerprint density at radius 1 is 1.00 bits per heavy atom. The summed E-state index contributed by atoms with van der Waals surface area (Å²) >= 11 is 0. The molecular weight excluding hydrogens is 402 g/mol. The summed E-state index contributed by atoms with van der Waals surface area (Å²) in [6, 6.07) is 10.1. The van der Waals surface area contributed by atoms with E-state index in [4.69, 9.17) is 18.9 Å². The first-order valence-corrected chi connectivity index (χ1v) is 9.65. The van der Waals surface area contributed by atoms with Crippen LogP contribution in [0.4, 0.5) is 0 Å². The minimum atomic E-state index is -0.472. The number of carbonyl (C=O) groups excluding carboxylic acids is 2. The van der Waals surface area contributed by atoms with Gasteiger partial charge in [-0.15, -0.1) is 0 Å². The molecule has 9 heteroatoms. The zero-order chi connectivity index (χ0) is 22.6. The van der Waals surface area contributed by atoms with E-state index in [1.165, 1.54) is 27.5 Å². The van der Waals surface area contributed by atoms with Crippen LogP contribution in [0.25, 0.3) is 0 Å². The van der Waals surface area contributed by atoms with Crippen molar-refractivity contribution in [1.29, 1.82) is 0 Å². The highest BCUT2D eigenvalue weighted by Gasteiger charge is 2.12. The fraction of sp³-hybridized carbons (Fsp3) is 0.318. The quantitative estimate of drug-likeness (QED) is 0.420.